The van der Waals surface area contributed by atoms with Gasteiger partial charge in [-0.3, -0.25) is 10.1 Å². The Kier molecular flexibility index (Phi) is 5.90. The molecule has 0 spiro atoms. The SMILES string of the molecule is Cc1ccc(C=CC(=O)NC(=S)NCC2CCCO2)cc1. The molecule has 1 atom stereocenters. The minimum Gasteiger partial charge on any atom is -0.376 e. The first-order valence-corrected chi connectivity index (χ1v) is 7.49. The fourth-order valence-corrected chi connectivity index (χ4v) is 2.24. The number of carbonyl (C=O) groups excluding carboxylic acids is 1. The molecule has 1 aromatic carbocycles. The standard InChI is InChI=1S/C16H20N2O2S/c1-12-4-6-13(7-5-12)8-9-15(19)18-16(21)17-11-14-3-2-10-20-14/h4-9,14H,2-3,10-11H2,1H3,(H2,17,18,19,21). The van der Waals surface area contributed by atoms with E-state index >= 15 is 0 Å². The van der Waals surface area contributed by atoms with Crippen LogP contribution in [0.15, 0.2) is 30.3 Å². The number of benzene rings is 1. The van der Waals surface area contributed by atoms with E-state index in [0.29, 0.717) is 11.7 Å². The van der Waals surface area contributed by atoms with Crippen LogP contribution in [-0.2, 0) is 9.53 Å². The molecule has 1 aliphatic heterocycles. The summed E-state index contributed by atoms with van der Waals surface area (Å²) in [5, 5.41) is 5.96. The highest BCUT2D eigenvalue weighted by Crippen LogP contribution is 2.10. The lowest BCUT2D eigenvalue weighted by Crippen LogP contribution is -2.41. The van der Waals surface area contributed by atoms with Crippen LogP contribution in [0.2, 0.25) is 0 Å². The van der Waals surface area contributed by atoms with E-state index in [4.69, 9.17) is 17.0 Å². The summed E-state index contributed by atoms with van der Waals surface area (Å²) in [7, 11) is 0. The number of hydrogen-bond donors (Lipinski definition) is 2. The van der Waals surface area contributed by atoms with Crippen LogP contribution in [0.4, 0.5) is 0 Å². The van der Waals surface area contributed by atoms with E-state index in [1.54, 1.807) is 6.08 Å². The maximum Gasteiger partial charge on any atom is 0.250 e. The van der Waals surface area contributed by atoms with Crippen LogP contribution in [-0.4, -0.2) is 30.3 Å². The summed E-state index contributed by atoms with van der Waals surface area (Å²) < 4.78 is 5.47. The van der Waals surface area contributed by atoms with Crippen molar-refractivity contribution in [2.45, 2.75) is 25.9 Å². The van der Waals surface area contributed by atoms with Gasteiger partial charge in [0.2, 0.25) is 5.91 Å². The van der Waals surface area contributed by atoms with Gasteiger partial charge < -0.3 is 10.1 Å². The molecule has 1 heterocycles. The quantitative estimate of drug-likeness (QED) is 0.661. The smallest absolute Gasteiger partial charge is 0.250 e. The summed E-state index contributed by atoms with van der Waals surface area (Å²) in [6, 6.07) is 7.94. The third-order valence-electron chi connectivity index (χ3n) is 3.26. The third kappa shape index (κ3) is 5.65. The van der Waals surface area contributed by atoms with Crippen LogP contribution in [0.1, 0.15) is 24.0 Å². The van der Waals surface area contributed by atoms with Gasteiger partial charge in [0.25, 0.3) is 0 Å². The van der Waals surface area contributed by atoms with E-state index in [1.807, 2.05) is 31.2 Å². The van der Waals surface area contributed by atoms with Gasteiger partial charge in [-0.2, -0.15) is 0 Å². The number of carbonyl (C=O) groups is 1. The number of nitrogens with one attached hydrogen (secondary N) is 2. The molecule has 0 bridgehead atoms. The van der Waals surface area contributed by atoms with Gasteiger partial charge in [-0.05, 0) is 43.6 Å². The van der Waals surface area contributed by atoms with Crippen molar-refractivity contribution in [2.75, 3.05) is 13.2 Å². The molecular formula is C16H20N2O2S. The summed E-state index contributed by atoms with van der Waals surface area (Å²) in [6.45, 7) is 3.48. The lowest BCUT2D eigenvalue weighted by Gasteiger charge is -2.12. The van der Waals surface area contributed by atoms with E-state index in [-0.39, 0.29) is 12.0 Å². The number of hydrogen-bond acceptors (Lipinski definition) is 3. The minimum absolute atomic E-state index is 0.197. The van der Waals surface area contributed by atoms with Gasteiger partial charge in [0.05, 0.1) is 6.10 Å². The zero-order valence-electron chi connectivity index (χ0n) is 12.1. The fraction of sp³-hybridized carbons (Fsp3) is 0.375. The zero-order valence-corrected chi connectivity index (χ0v) is 12.9. The third-order valence-corrected chi connectivity index (χ3v) is 3.50. The van der Waals surface area contributed by atoms with E-state index in [1.165, 1.54) is 11.6 Å². The number of ether oxygens (including phenoxy) is 1. The topological polar surface area (TPSA) is 50.4 Å². The average Bonchev–Trinajstić information content (AvgIpc) is 2.98. The van der Waals surface area contributed by atoms with Gasteiger partial charge in [0.15, 0.2) is 5.11 Å². The van der Waals surface area contributed by atoms with E-state index in [2.05, 4.69) is 10.6 Å². The minimum atomic E-state index is -0.236. The first-order valence-electron chi connectivity index (χ1n) is 7.08. The Hall–Kier alpha value is -1.72. The molecule has 21 heavy (non-hydrogen) atoms. The second kappa shape index (κ2) is 7.90. The van der Waals surface area contributed by atoms with Crippen LogP contribution in [0.5, 0.6) is 0 Å². The van der Waals surface area contributed by atoms with Gasteiger partial charge in [-0.1, -0.05) is 29.8 Å². The van der Waals surface area contributed by atoms with Gasteiger partial charge in [0.1, 0.15) is 0 Å². The van der Waals surface area contributed by atoms with Gasteiger partial charge in [0, 0.05) is 19.2 Å². The predicted molar refractivity (Wildman–Crippen MR) is 87.9 cm³/mol. The van der Waals surface area contributed by atoms with E-state index in [0.717, 1.165) is 25.0 Å². The van der Waals surface area contributed by atoms with Crippen LogP contribution in [0.3, 0.4) is 0 Å². The molecular weight excluding hydrogens is 284 g/mol. The molecule has 5 heteroatoms. The first-order chi connectivity index (χ1) is 10.1. The Morgan fingerprint density at radius 3 is 2.86 bits per heavy atom. The van der Waals surface area contributed by atoms with Crippen molar-refractivity contribution < 1.29 is 9.53 Å². The summed E-state index contributed by atoms with van der Waals surface area (Å²) in [6.07, 6.45) is 5.56. The van der Waals surface area contributed by atoms with Crippen molar-refractivity contribution >= 4 is 29.3 Å². The normalized spacial score (nSPS) is 17.9. The van der Waals surface area contributed by atoms with Crippen LogP contribution >= 0.6 is 12.2 Å². The molecule has 1 saturated heterocycles. The molecule has 0 saturated carbocycles. The molecule has 0 radical (unpaired) electrons. The molecule has 1 aromatic rings. The highest BCUT2D eigenvalue weighted by atomic mass is 32.1. The molecule has 1 amide bonds. The predicted octanol–water partition coefficient (Wildman–Crippen LogP) is 2.18. The van der Waals surface area contributed by atoms with Crippen molar-refractivity contribution in [2.24, 2.45) is 0 Å². The first kappa shape index (κ1) is 15.7. The highest BCUT2D eigenvalue weighted by Gasteiger charge is 2.15. The van der Waals surface area contributed by atoms with Crippen molar-refractivity contribution in [3.05, 3.63) is 41.5 Å². The number of thiocarbonyl (C=S) groups is 1. The molecule has 2 N–H and O–H groups in total. The lowest BCUT2D eigenvalue weighted by molar-refractivity contribution is -0.115. The largest absolute Gasteiger partial charge is 0.376 e. The second-order valence-corrected chi connectivity index (χ2v) is 5.49. The van der Waals surface area contributed by atoms with Gasteiger partial charge in [-0.15, -0.1) is 0 Å². The van der Waals surface area contributed by atoms with Crippen molar-refractivity contribution in [1.29, 1.82) is 0 Å². The molecule has 1 unspecified atom stereocenters. The van der Waals surface area contributed by atoms with E-state index < -0.39 is 0 Å². The number of amides is 1. The monoisotopic (exact) mass is 304 g/mol. The Morgan fingerprint density at radius 2 is 2.19 bits per heavy atom. The van der Waals surface area contributed by atoms with Crippen LogP contribution in [0, 0.1) is 6.92 Å². The van der Waals surface area contributed by atoms with Gasteiger partial charge >= 0.3 is 0 Å². The summed E-state index contributed by atoms with van der Waals surface area (Å²) in [5.74, 6) is -0.236. The maximum atomic E-state index is 11.7. The Morgan fingerprint density at radius 1 is 1.43 bits per heavy atom. The molecule has 4 nitrogen and oxygen atoms in total. The number of rotatable bonds is 4. The van der Waals surface area contributed by atoms with Crippen LogP contribution < -0.4 is 10.6 Å². The lowest BCUT2D eigenvalue weighted by atomic mass is 10.1. The molecule has 1 fully saturated rings. The Bertz CT molecular complexity index is 520. The zero-order chi connectivity index (χ0) is 15.1. The fourth-order valence-electron chi connectivity index (χ4n) is 2.06. The van der Waals surface area contributed by atoms with E-state index in [9.17, 15) is 4.79 Å². The maximum absolute atomic E-state index is 11.7. The molecule has 1 aliphatic rings. The second-order valence-electron chi connectivity index (χ2n) is 5.08. The summed E-state index contributed by atoms with van der Waals surface area (Å²) in [5.41, 5.74) is 2.17. The summed E-state index contributed by atoms with van der Waals surface area (Å²) in [4.78, 5) is 11.7. The molecule has 0 aliphatic carbocycles. The van der Waals surface area contributed by atoms with Crippen molar-refractivity contribution in [1.82, 2.24) is 10.6 Å². The van der Waals surface area contributed by atoms with Crippen molar-refractivity contribution in [3.8, 4) is 0 Å². The molecule has 112 valence electrons. The summed E-state index contributed by atoms with van der Waals surface area (Å²) >= 11 is 5.08. The molecule has 0 aromatic heterocycles. The van der Waals surface area contributed by atoms with Crippen molar-refractivity contribution in [3.63, 3.8) is 0 Å². The molecule has 2 rings (SSSR count). The Balaban J connectivity index is 1.72. The number of aryl methyl sites for hydroxylation is 1. The Labute approximate surface area is 130 Å². The van der Waals surface area contributed by atoms with Gasteiger partial charge in [-0.25, -0.2) is 0 Å². The van der Waals surface area contributed by atoms with Crippen LogP contribution in [0.25, 0.3) is 6.08 Å². The highest BCUT2D eigenvalue weighted by molar-refractivity contribution is 7.80. The average molecular weight is 304 g/mol.